The molecule has 0 aliphatic heterocycles. The quantitative estimate of drug-likeness (QED) is 0.907. The van der Waals surface area contributed by atoms with Crippen molar-refractivity contribution in [3.63, 3.8) is 0 Å². The molecule has 2 aromatic rings. The molecule has 0 heterocycles. The van der Waals surface area contributed by atoms with Gasteiger partial charge in [0.15, 0.2) is 6.10 Å². The van der Waals surface area contributed by atoms with Crippen molar-refractivity contribution in [2.75, 3.05) is 0 Å². The number of carbonyl (C=O) groups is 1. The second-order valence-electron chi connectivity index (χ2n) is 5.00. The standard InChI is InChI=1S/C17H17ClO3/c1-11-7-8-13(9-12(11)2)10-16(17(19)20)21-15-6-4-3-5-14(15)18/h3-9,16H,10H2,1-2H3,(H,19,20)/t16-/m1/s1. The van der Waals surface area contributed by atoms with Crippen molar-refractivity contribution in [3.05, 3.63) is 64.2 Å². The van der Waals surface area contributed by atoms with Gasteiger partial charge in [0, 0.05) is 6.42 Å². The van der Waals surface area contributed by atoms with Gasteiger partial charge in [0.1, 0.15) is 5.75 Å². The molecule has 0 spiro atoms. The number of benzene rings is 2. The number of aliphatic carboxylic acids is 1. The molecule has 4 heteroatoms. The van der Waals surface area contributed by atoms with E-state index in [0.29, 0.717) is 17.2 Å². The van der Waals surface area contributed by atoms with Gasteiger partial charge in [-0.25, -0.2) is 4.79 Å². The van der Waals surface area contributed by atoms with Gasteiger partial charge in [-0.05, 0) is 42.7 Å². The maximum absolute atomic E-state index is 11.4. The van der Waals surface area contributed by atoms with Crippen LogP contribution in [0.2, 0.25) is 5.02 Å². The molecular weight excluding hydrogens is 288 g/mol. The number of carboxylic acids is 1. The predicted molar refractivity (Wildman–Crippen MR) is 83.1 cm³/mol. The van der Waals surface area contributed by atoms with Crippen LogP contribution in [0, 0.1) is 13.8 Å². The average Bonchev–Trinajstić information content (AvgIpc) is 2.44. The van der Waals surface area contributed by atoms with Gasteiger partial charge in [-0.1, -0.05) is 41.9 Å². The van der Waals surface area contributed by atoms with Gasteiger partial charge in [0.05, 0.1) is 5.02 Å². The van der Waals surface area contributed by atoms with Crippen LogP contribution in [0.3, 0.4) is 0 Å². The Morgan fingerprint density at radius 2 is 1.90 bits per heavy atom. The number of halogens is 1. The number of ether oxygens (including phenoxy) is 1. The maximum Gasteiger partial charge on any atom is 0.345 e. The minimum atomic E-state index is -1.01. The molecule has 0 fully saturated rings. The average molecular weight is 305 g/mol. The topological polar surface area (TPSA) is 46.5 Å². The van der Waals surface area contributed by atoms with Gasteiger partial charge in [-0.2, -0.15) is 0 Å². The fourth-order valence-corrected chi connectivity index (χ4v) is 2.20. The Labute approximate surface area is 129 Å². The zero-order valence-electron chi connectivity index (χ0n) is 12.0. The van der Waals surface area contributed by atoms with E-state index in [1.54, 1.807) is 24.3 Å². The van der Waals surface area contributed by atoms with Crippen LogP contribution in [0.5, 0.6) is 5.75 Å². The molecule has 3 nitrogen and oxygen atoms in total. The highest BCUT2D eigenvalue weighted by molar-refractivity contribution is 6.32. The second-order valence-corrected chi connectivity index (χ2v) is 5.41. The Bertz CT molecular complexity index is 652. The van der Waals surface area contributed by atoms with Crippen molar-refractivity contribution in [1.29, 1.82) is 0 Å². The molecule has 0 radical (unpaired) electrons. The number of rotatable bonds is 5. The molecule has 21 heavy (non-hydrogen) atoms. The summed E-state index contributed by atoms with van der Waals surface area (Å²) in [6.45, 7) is 4.03. The molecule has 0 saturated carbocycles. The van der Waals surface area contributed by atoms with E-state index in [1.807, 2.05) is 32.0 Å². The number of hydrogen-bond donors (Lipinski definition) is 1. The monoisotopic (exact) mass is 304 g/mol. The van der Waals surface area contributed by atoms with Crippen LogP contribution >= 0.6 is 11.6 Å². The summed E-state index contributed by atoms with van der Waals surface area (Å²) >= 11 is 6.00. The number of para-hydroxylation sites is 1. The molecule has 0 bridgehead atoms. The lowest BCUT2D eigenvalue weighted by Crippen LogP contribution is -2.29. The van der Waals surface area contributed by atoms with Gasteiger partial charge >= 0.3 is 5.97 Å². The molecule has 110 valence electrons. The number of carboxylic acid groups (broad SMARTS) is 1. The Morgan fingerprint density at radius 1 is 1.19 bits per heavy atom. The molecule has 0 aliphatic carbocycles. The lowest BCUT2D eigenvalue weighted by atomic mass is 10.0. The molecule has 0 saturated heterocycles. The summed E-state index contributed by atoms with van der Waals surface area (Å²) in [4.78, 5) is 11.4. The largest absolute Gasteiger partial charge is 0.478 e. The first kappa shape index (κ1) is 15.4. The van der Waals surface area contributed by atoms with E-state index in [9.17, 15) is 9.90 Å². The summed E-state index contributed by atoms with van der Waals surface area (Å²) in [6.07, 6.45) is -0.672. The van der Waals surface area contributed by atoms with E-state index in [1.165, 1.54) is 5.56 Å². The van der Waals surface area contributed by atoms with E-state index < -0.39 is 12.1 Å². The summed E-state index contributed by atoms with van der Waals surface area (Å²) in [6, 6.07) is 12.8. The van der Waals surface area contributed by atoms with Crippen LogP contribution < -0.4 is 4.74 Å². The lowest BCUT2D eigenvalue weighted by Gasteiger charge is -2.16. The Kier molecular flexibility index (Phi) is 4.86. The zero-order valence-corrected chi connectivity index (χ0v) is 12.7. The van der Waals surface area contributed by atoms with Crippen molar-refractivity contribution in [3.8, 4) is 5.75 Å². The second kappa shape index (κ2) is 6.64. The lowest BCUT2D eigenvalue weighted by molar-refractivity contribution is -0.145. The summed E-state index contributed by atoms with van der Waals surface area (Å²) < 4.78 is 5.55. The molecule has 0 aromatic heterocycles. The number of aryl methyl sites for hydroxylation is 2. The van der Waals surface area contributed by atoms with E-state index in [0.717, 1.165) is 11.1 Å². The third-order valence-electron chi connectivity index (χ3n) is 3.37. The van der Waals surface area contributed by atoms with Crippen LogP contribution in [0.25, 0.3) is 0 Å². The summed E-state index contributed by atoms with van der Waals surface area (Å²) in [5.74, 6) is -0.622. The van der Waals surface area contributed by atoms with Crippen LogP contribution in [0.4, 0.5) is 0 Å². The third kappa shape index (κ3) is 3.99. The van der Waals surface area contributed by atoms with Crippen molar-refractivity contribution in [1.82, 2.24) is 0 Å². The molecular formula is C17H17ClO3. The van der Waals surface area contributed by atoms with Crippen molar-refractivity contribution >= 4 is 17.6 Å². The summed E-state index contributed by atoms with van der Waals surface area (Å²) in [5, 5.41) is 9.75. The molecule has 2 aromatic carbocycles. The van der Waals surface area contributed by atoms with Gasteiger partial charge in [-0.3, -0.25) is 0 Å². The highest BCUT2D eigenvalue weighted by atomic mass is 35.5. The molecule has 0 aliphatic rings. The summed E-state index contributed by atoms with van der Waals surface area (Å²) in [5.41, 5.74) is 3.24. The smallest absolute Gasteiger partial charge is 0.345 e. The highest BCUT2D eigenvalue weighted by Crippen LogP contribution is 2.25. The van der Waals surface area contributed by atoms with Gasteiger partial charge in [0.2, 0.25) is 0 Å². The fraction of sp³-hybridized carbons (Fsp3) is 0.235. The van der Waals surface area contributed by atoms with Crippen LogP contribution in [0.1, 0.15) is 16.7 Å². The van der Waals surface area contributed by atoms with Crippen LogP contribution in [-0.2, 0) is 11.2 Å². The Hall–Kier alpha value is -2.00. The van der Waals surface area contributed by atoms with Crippen LogP contribution in [0.15, 0.2) is 42.5 Å². The maximum atomic E-state index is 11.4. The molecule has 0 unspecified atom stereocenters. The van der Waals surface area contributed by atoms with Gasteiger partial charge < -0.3 is 9.84 Å². The Balaban J connectivity index is 2.18. The van der Waals surface area contributed by atoms with E-state index in [-0.39, 0.29) is 0 Å². The zero-order chi connectivity index (χ0) is 15.4. The minimum Gasteiger partial charge on any atom is -0.478 e. The van der Waals surface area contributed by atoms with Gasteiger partial charge in [-0.15, -0.1) is 0 Å². The highest BCUT2D eigenvalue weighted by Gasteiger charge is 2.21. The van der Waals surface area contributed by atoms with Crippen molar-refractivity contribution < 1.29 is 14.6 Å². The minimum absolute atomic E-state index is 0.293. The molecule has 1 atom stereocenters. The molecule has 2 rings (SSSR count). The van der Waals surface area contributed by atoms with E-state index in [4.69, 9.17) is 16.3 Å². The SMILES string of the molecule is Cc1ccc(C[C@@H](Oc2ccccc2Cl)C(=O)O)cc1C. The number of hydrogen-bond acceptors (Lipinski definition) is 2. The van der Waals surface area contributed by atoms with Crippen molar-refractivity contribution in [2.45, 2.75) is 26.4 Å². The summed E-state index contributed by atoms with van der Waals surface area (Å²) in [7, 11) is 0. The fourth-order valence-electron chi connectivity index (χ4n) is 2.02. The van der Waals surface area contributed by atoms with Gasteiger partial charge in [0.25, 0.3) is 0 Å². The van der Waals surface area contributed by atoms with E-state index >= 15 is 0 Å². The van der Waals surface area contributed by atoms with E-state index in [2.05, 4.69) is 0 Å². The molecule has 1 N–H and O–H groups in total. The first-order valence-corrected chi connectivity index (χ1v) is 7.05. The predicted octanol–water partition coefficient (Wildman–Crippen LogP) is 4.03. The normalized spacial score (nSPS) is 12.0. The molecule has 0 amide bonds. The first-order valence-electron chi connectivity index (χ1n) is 6.67. The Morgan fingerprint density at radius 3 is 2.52 bits per heavy atom. The van der Waals surface area contributed by atoms with Crippen LogP contribution in [-0.4, -0.2) is 17.2 Å². The van der Waals surface area contributed by atoms with Crippen molar-refractivity contribution in [2.24, 2.45) is 0 Å². The first-order chi connectivity index (χ1) is 9.97. The third-order valence-corrected chi connectivity index (χ3v) is 3.69.